The van der Waals surface area contributed by atoms with Crippen molar-refractivity contribution in [2.24, 2.45) is 0 Å². The quantitative estimate of drug-likeness (QED) is 0.499. The van der Waals surface area contributed by atoms with Crippen LogP contribution in [0.15, 0.2) is 11.0 Å². The molecule has 8 nitrogen and oxygen atoms in total. The molecule has 11 heteroatoms. The molecule has 1 aromatic rings. The van der Waals surface area contributed by atoms with E-state index in [1.165, 1.54) is 14.2 Å². The van der Waals surface area contributed by atoms with Gasteiger partial charge in [-0.1, -0.05) is 0 Å². The number of nitrogens with zero attached hydrogens (tertiary/aromatic N) is 1. The Labute approximate surface area is 141 Å². The summed E-state index contributed by atoms with van der Waals surface area (Å²) in [6, 6.07) is -0.715. The standard InChI is InChI=1S/C14H20F3N3O5/c1-8(23-2)10(7-25-5-4-11(21)24-3)19-9-6-18-20-13(22)12(9)14(15,16)17/h6,8,10H,4-5,7H2,1-3H3,(H2,19,20,22)/t8-,10-/m1/s1. The molecular weight excluding hydrogens is 347 g/mol. The fourth-order valence-corrected chi connectivity index (χ4v) is 1.92. The molecule has 2 atom stereocenters. The molecule has 0 bridgehead atoms. The van der Waals surface area contributed by atoms with E-state index in [0.29, 0.717) is 0 Å². The number of carbonyl (C=O) groups is 1. The summed E-state index contributed by atoms with van der Waals surface area (Å²) < 4.78 is 54.1. The number of esters is 1. The number of halogens is 3. The van der Waals surface area contributed by atoms with Crippen molar-refractivity contribution in [1.82, 2.24) is 10.2 Å². The van der Waals surface area contributed by atoms with Crippen molar-refractivity contribution in [3.05, 3.63) is 22.1 Å². The summed E-state index contributed by atoms with van der Waals surface area (Å²) in [5.74, 6) is -0.470. The van der Waals surface area contributed by atoms with Gasteiger partial charge in [0, 0.05) is 7.11 Å². The van der Waals surface area contributed by atoms with Gasteiger partial charge in [0.05, 0.1) is 50.8 Å². The van der Waals surface area contributed by atoms with E-state index < -0.39 is 41.1 Å². The normalized spacial score (nSPS) is 14.0. The van der Waals surface area contributed by atoms with Crippen LogP contribution in [0.5, 0.6) is 0 Å². The summed E-state index contributed by atoms with van der Waals surface area (Å²) in [5, 5.41) is 7.72. The number of carbonyl (C=O) groups excluding carboxylic acids is 1. The van der Waals surface area contributed by atoms with Gasteiger partial charge in [-0.15, -0.1) is 0 Å². The molecule has 142 valence electrons. The molecule has 1 heterocycles. The highest BCUT2D eigenvalue weighted by atomic mass is 19.4. The smallest absolute Gasteiger partial charge is 0.423 e. The van der Waals surface area contributed by atoms with Gasteiger partial charge in [-0.05, 0) is 6.92 Å². The van der Waals surface area contributed by atoms with Crippen LogP contribution in [0.4, 0.5) is 18.9 Å². The van der Waals surface area contributed by atoms with Crippen LogP contribution >= 0.6 is 0 Å². The van der Waals surface area contributed by atoms with Crippen LogP contribution < -0.4 is 10.9 Å². The van der Waals surface area contributed by atoms with Gasteiger partial charge in [0.2, 0.25) is 0 Å². The van der Waals surface area contributed by atoms with Gasteiger partial charge < -0.3 is 19.5 Å². The van der Waals surface area contributed by atoms with Gasteiger partial charge in [0.15, 0.2) is 0 Å². The van der Waals surface area contributed by atoms with E-state index in [4.69, 9.17) is 9.47 Å². The first kappa shape index (κ1) is 20.9. The summed E-state index contributed by atoms with van der Waals surface area (Å²) in [5.41, 5.74) is -3.22. The predicted octanol–water partition coefficient (Wildman–Crippen LogP) is 1.18. The number of rotatable bonds is 9. The summed E-state index contributed by atoms with van der Waals surface area (Å²) in [6.07, 6.45) is -4.52. The van der Waals surface area contributed by atoms with E-state index >= 15 is 0 Å². The van der Waals surface area contributed by atoms with Crippen molar-refractivity contribution < 1.29 is 32.2 Å². The largest absolute Gasteiger partial charge is 0.469 e. The lowest BCUT2D eigenvalue weighted by atomic mass is 10.1. The van der Waals surface area contributed by atoms with Gasteiger partial charge in [0.25, 0.3) is 5.56 Å². The molecule has 1 rings (SSSR count). The van der Waals surface area contributed by atoms with Crippen molar-refractivity contribution in [2.75, 3.05) is 32.8 Å². The lowest BCUT2D eigenvalue weighted by Gasteiger charge is -2.26. The monoisotopic (exact) mass is 367 g/mol. The highest BCUT2D eigenvalue weighted by molar-refractivity contribution is 5.69. The molecule has 0 aliphatic rings. The molecule has 0 radical (unpaired) electrons. The zero-order valence-electron chi connectivity index (χ0n) is 14.0. The van der Waals surface area contributed by atoms with Gasteiger partial charge in [-0.3, -0.25) is 9.59 Å². The number of aromatic nitrogens is 2. The molecular formula is C14H20F3N3O5. The molecule has 0 aromatic carbocycles. The second-order valence-electron chi connectivity index (χ2n) is 5.08. The Morgan fingerprint density at radius 3 is 2.64 bits per heavy atom. The second-order valence-corrected chi connectivity index (χ2v) is 5.08. The first-order valence-corrected chi connectivity index (χ1v) is 7.29. The van der Waals surface area contributed by atoms with Crippen molar-refractivity contribution >= 4 is 11.7 Å². The maximum Gasteiger partial charge on any atom is 0.423 e. The Morgan fingerprint density at radius 1 is 1.40 bits per heavy atom. The first-order chi connectivity index (χ1) is 11.7. The minimum Gasteiger partial charge on any atom is -0.469 e. The maximum atomic E-state index is 13.1. The first-order valence-electron chi connectivity index (χ1n) is 7.29. The van der Waals surface area contributed by atoms with Gasteiger partial charge in [-0.2, -0.15) is 18.3 Å². The van der Waals surface area contributed by atoms with E-state index in [9.17, 15) is 22.8 Å². The molecule has 0 spiro atoms. The number of H-pyrrole nitrogens is 1. The van der Waals surface area contributed by atoms with E-state index in [2.05, 4.69) is 15.2 Å². The minimum atomic E-state index is -4.86. The van der Waals surface area contributed by atoms with Gasteiger partial charge >= 0.3 is 12.1 Å². The number of ether oxygens (including phenoxy) is 3. The van der Waals surface area contributed by atoms with E-state index in [0.717, 1.165) is 6.20 Å². The van der Waals surface area contributed by atoms with Crippen LogP contribution in [0.2, 0.25) is 0 Å². The lowest BCUT2D eigenvalue weighted by molar-refractivity contribution is -0.142. The second kappa shape index (κ2) is 9.37. The zero-order chi connectivity index (χ0) is 19.0. The molecule has 1 aromatic heterocycles. The van der Waals surface area contributed by atoms with Crippen LogP contribution in [-0.4, -0.2) is 55.7 Å². The molecule has 2 N–H and O–H groups in total. The number of hydrogen-bond donors (Lipinski definition) is 2. The third-order valence-corrected chi connectivity index (χ3v) is 3.39. The molecule has 25 heavy (non-hydrogen) atoms. The highest BCUT2D eigenvalue weighted by Gasteiger charge is 2.38. The fourth-order valence-electron chi connectivity index (χ4n) is 1.92. The maximum absolute atomic E-state index is 13.1. The molecule has 0 aliphatic carbocycles. The van der Waals surface area contributed by atoms with Crippen LogP contribution in [0.1, 0.15) is 18.9 Å². The number of aromatic amines is 1. The third kappa shape index (κ3) is 6.35. The van der Waals surface area contributed by atoms with Crippen molar-refractivity contribution in [2.45, 2.75) is 31.7 Å². The molecule has 0 saturated carbocycles. The Balaban J connectivity index is 2.88. The van der Waals surface area contributed by atoms with E-state index in [1.54, 1.807) is 12.0 Å². The average molecular weight is 367 g/mol. The fraction of sp³-hybridized carbons (Fsp3) is 0.643. The SMILES string of the molecule is COC(=O)CCOC[C@@H](Nc1cn[nH]c(=O)c1C(F)(F)F)[C@@H](C)OC. The van der Waals surface area contributed by atoms with Gasteiger partial charge in [0.1, 0.15) is 5.56 Å². The Morgan fingerprint density at radius 2 is 2.08 bits per heavy atom. The van der Waals surface area contributed by atoms with Gasteiger partial charge in [-0.25, -0.2) is 5.10 Å². The number of methoxy groups -OCH3 is 2. The number of nitrogens with one attached hydrogen (secondary N) is 2. The summed E-state index contributed by atoms with van der Waals surface area (Å²) in [7, 11) is 2.62. The van der Waals surface area contributed by atoms with Crippen molar-refractivity contribution in [1.29, 1.82) is 0 Å². The molecule has 0 saturated heterocycles. The lowest BCUT2D eigenvalue weighted by Crippen LogP contribution is -2.39. The topological polar surface area (TPSA) is 103 Å². The number of alkyl halides is 3. The van der Waals surface area contributed by atoms with Crippen LogP contribution in [0.3, 0.4) is 0 Å². The van der Waals surface area contributed by atoms with E-state index in [1.807, 2.05) is 0 Å². The van der Waals surface area contributed by atoms with Crippen LogP contribution in [-0.2, 0) is 25.2 Å². The zero-order valence-corrected chi connectivity index (χ0v) is 14.0. The van der Waals surface area contributed by atoms with Crippen molar-refractivity contribution in [3.63, 3.8) is 0 Å². The van der Waals surface area contributed by atoms with Crippen molar-refractivity contribution in [3.8, 4) is 0 Å². The summed E-state index contributed by atoms with van der Waals surface area (Å²) in [6.45, 7) is 1.59. The number of anilines is 1. The molecule has 0 fully saturated rings. The van der Waals surface area contributed by atoms with Crippen LogP contribution in [0, 0.1) is 0 Å². The molecule has 0 aliphatic heterocycles. The predicted molar refractivity (Wildman–Crippen MR) is 81.2 cm³/mol. The minimum absolute atomic E-state index is 0.00491. The molecule has 0 unspecified atom stereocenters. The van der Waals surface area contributed by atoms with E-state index in [-0.39, 0.29) is 19.6 Å². The Bertz CT molecular complexity index is 620. The average Bonchev–Trinajstić information content (AvgIpc) is 2.55. The number of hydrogen-bond acceptors (Lipinski definition) is 7. The third-order valence-electron chi connectivity index (χ3n) is 3.39. The highest BCUT2D eigenvalue weighted by Crippen LogP contribution is 2.31. The summed E-state index contributed by atoms with van der Waals surface area (Å²) in [4.78, 5) is 22.5. The van der Waals surface area contributed by atoms with Crippen LogP contribution in [0.25, 0.3) is 0 Å². The molecule has 0 amide bonds. The Hall–Kier alpha value is -2.14. The summed E-state index contributed by atoms with van der Waals surface area (Å²) >= 11 is 0. The Kier molecular flexibility index (Phi) is 7.84.